The van der Waals surface area contributed by atoms with Crippen molar-refractivity contribution in [1.82, 2.24) is 9.55 Å². The number of para-hydroxylation sites is 1. The van der Waals surface area contributed by atoms with E-state index in [-0.39, 0.29) is 23.7 Å². The molecule has 4 rings (SSSR count). The van der Waals surface area contributed by atoms with Crippen LogP contribution in [0.5, 0.6) is 0 Å². The monoisotopic (exact) mass is 444 g/mol. The first-order valence-electron chi connectivity index (χ1n) is 9.05. The normalized spacial score (nSPS) is 16.4. The van der Waals surface area contributed by atoms with E-state index in [1.807, 2.05) is 0 Å². The second kappa shape index (κ2) is 7.81. The van der Waals surface area contributed by atoms with Gasteiger partial charge in [-0.2, -0.15) is 0 Å². The van der Waals surface area contributed by atoms with Crippen molar-refractivity contribution in [3.8, 4) is 0 Å². The fraction of sp³-hybridized carbons (Fsp3) is 0.158. The van der Waals surface area contributed by atoms with Crippen molar-refractivity contribution < 1.29 is 18.1 Å². The van der Waals surface area contributed by atoms with E-state index in [1.54, 1.807) is 24.3 Å². The van der Waals surface area contributed by atoms with Gasteiger partial charge in [0.05, 0.1) is 28.7 Å². The lowest BCUT2D eigenvalue weighted by Gasteiger charge is -2.27. The van der Waals surface area contributed by atoms with Crippen LogP contribution in [0, 0.1) is 10.1 Å². The zero-order valence-electron chi connectivity index (χ0n) is 15.9. The lowest BCUT2D eigenvalue weighted by Crippen LogP contribution is -2.40. The van der Waals surface area contributed by atoms with Crippen molar-refractivity contribution in [2.45, 2.75) is 17.7 Å². The second-order valence-corrected chi connectivity index (χ2v) is 8.56. The molecule has 2 aromatic carbocycles. The highest BCUT2D eigenvalue weighted by Crippen LogP contribution is 2.33. The molecule has 0 bridgehead atoms. The predicted molar refractivity (Wildman–Crippen MR) is 109 cm³/mol. The minimum absolute atomic E-state index is 0.0265. The number of aromatic nitrogens is 2. The van der Waals surface area contributed by atoms with Crippen LogP contribution < -0.4 is 15.6 Å². The van der Waals surface area contributed by atoms with Crippen LogP contribution in [-0.2, 0) is 21.4 Å². The maximum atomic E-state index is 13.5. The molecule has 3 aromatic rings. The molecule has 0 spiro atoms. The summed E-state index contributed by atoms with van der Waals surface area (Å²) < 4.78 is 34.9. The predicted octanol–water partition coefficient (Wildman–Crippen LogP) is 1.37. The van der Waals surface area contributed by atoms with Gasteiger partial charge >= 0.3 is 5.69 Å². The van der Waals surface area contributed by atoms with Crippen LogP contribution in [-0.4, -0.2) is 29.4 Å². The molecule has 160 valence electrons. The van der Waals surface area contributed by atoms with Crippen LogP contribution in [0.2, 0.25) is 0 Å². The summed E-state index contributed by atoms with van der Waals surface area (Å²) >= 11 is 0. The van der Waals surface area contributed by atoms with Crippen molar-refractivity contribution in [1.29, 1.82) is 0 Å². The Bertz CT molecular complexity index is 1360. The number of rotatable bonds is 4. The number of nitrogens with one attached hydrogen (secondary N) is 1. The summed E-state index contributed by atoms with van der Waals surface area (Å²) in [6.07, 6.45) is 0.211. The molecule has 0 unspecified atom stereocenters. The molecule has 0 saturated carbocycles. The number of non-ortho nitro benzene ring substituents is 1. The van der Waals surface area contributed by atoms with Gasteiger partial charge in [0.15, 0.2) is 6.23 Å². The standard InChI is InChI=1S/C19H16N4O7S/c24-17-9-10-21(19(25)20-17)18-11-22(16-4-2-1-3-13(16)12-30-18)31(28,29)15-7-5-14(6-8-15)23(26)27/h1-10,18H,11-12H2,(H,20,24,25)/t18-/m1/s1. The minimum atomic E-state index is -4.16. The van der Waals surface area contributed by atoms with Gasteiger partial charge in [0, 0.05) is 30.0 Å². The van der Waals surface area contributed by atoms with Gasteiger partial charge in [0.2, 0.25) is 0 Å². The average Bonchev–Trinajstić information content (AvgIpc) is 2.94. The smallest absolute Gasteiger partial charge is 0.330 e. The van der Waals surface area contributed by atoms with Crippen molar-refractivity contribution in [3.05, 3.63) is 97.3 Å². The Labute approximate surface area is 175 Å². The van der Waals surface area contributed by atoms with Gasteiger partial charge in [-0.15, -0.1) is 0 Å². The Morgan fingerprint density at radius 2 is 1.77 bits per heavy atom. The SMILES string of the molecule is O=c1ccn([C@H]2CN(S(=O)(=O)c3ccc([N+](=O)[O-])cc3)c3ccccc3CO2)c(=O)[nH]1. The second-order valence-electron chi connectivity index (χ2n) is 6.70. The van der Waals surface area contributed by atoms with E-state index in [0.29, 0.717) is 11.3 Å². The number of fused-ring (bicyclic) bond motifs is 1. The van der Waals surface area contributed by atoms with Crippen molar-refractivity contribution in [2.75, 3.05) is 10.8 Å². The molecule has 0 fully saturated rings. The number of nitro groups is 1. The number of hydrogen-bond donors (Lipinski definition) is 1. The molecule has 1 atom stereocenters. The summed E-state index contributed by atoms with van der Waals surface area (Å²) in [7, 11) is -4.16. The fourth-order valence-corrected chi connectivity index (χ4v) is 4.77. The highest BCUT2D eigenvalue weighted by atomic mass is 32.2. The van der Waals surface area contributed by atoms with Crippen molar-refractivity contribution in [3.63, 3.8) is 0 Å². The van der Waals surface area contributed by atoms with Gasteiger partial charge in [0.25, 0.3) is 21.3 Å². The first-order valence-corrected chi connectivity index (χ1v) is 10.5. The lowest BCUT2D eigenvalue weighted by atomic mass is 10.2. The zero-order valence-corrected chi connectivity index (χ0v) is 16.7. The summed E-state index contributed by atoms with van der Waals surface area (Å²) in [5.41, 5.74) is -0.630. The number of nitrogens with zero attached hydrogens (tertiary/aromatic N) is 3. The van der Waals surface area contributed by atoms with E-state index >= 15 is 0 Å². The number of H-pyrrole nitrogens is 1. The van der Waals surface area contributed by atoms with Crippen LogP contribution in [0.1, 0.15) is 11.8 Å². The van der Waals surface area contributed by atoms with Gasteiger partial charge in [-0.3, -0.25) is 28.8 Å². The molecule has 1 aliphatic heterocycles. The van der Waals surface area contributed by atoms with Crippen LogP contribution >= 0.6 is 0 Å². The molecule has 0 aliphatic carbocycles. The zero-order chi connectivity index (χ0) is 22.2. The molecule has 0 radical (unpaired) electrons. The Hall–Kier alpha value is -3.77. The third-order valence-corrected chi connectivity index (χ3v) is 6.60. The Morgan fingerprint density at radius 3 is 2.45 bits per heavy atom. The molecule has 1 N–H and O–H groups in total. The highest BCUT2D eigenvalue weighted by molar-refractivity contribution is 7.92. The molecule has 1 aliphatic rings. The molecule has 31 heavy (non-hydrogen) atoms. The molecule has 0 saturated heterocycles. The van der Waals surface area contributed by atoms with Crippen molar-refractivity contribution in [2.24, 2.45) is 0 Å². The largest absolute Gasteiger partial charge is 0.351 e. The highest BCUT2D eigenvalue weighted by Gasteiger charge is 2.33. The number of aromatic amines is 1. The Balaban J connectivity index is 1.81. The van der Waals surface area contributed by atoms with Crippen LogP contribution in [0.4, 0.5) is 11.4 Å². The summed E-state index contributed by atoms with van der Waals surface area (Å²) in [5, 5.41) is 10.9. The first-order chi connectivity index (χ1) is 14.8. The average molecular weight is 444 g/mol. The quantitative estimate of drug-likeness (QED) is 0.472. The van der Waals surface area contributed by atoms with E-state index in [2.05, 4.69) is 4.98 Å². The van der Waals surface area contributed by atoms with Gasteiger partial charge in [0.1, 0.15) is 0 Å². The van der Waals surface area contributed by atoms with Crippen LogP contribution in [0.3, 0.4) is 0 Å². The summed E-state index contributed by atoms with van der Waals surface area (Å²) in [6, 6.07) is 12.4. The number of benzene rings is 2. The lowest BCUT2D eigenvalue weighted by molar-refractivity contribution is -0.384. The maximum absolute atomic E-state index is 13.5. The summed E-state index contributed by atoms with van der Waals surface area (Å²) in [6.45, 7) is -0.235. The van der Waals surface area contributed by atoms with Crippen molar-refractivity contribution >= 4 is 21.4 Å². The minimum Gasteiger partial charge on any atom is -0.351 e. The third kappa shape index (κ3) is 3.85. The molecule has 1 aromatic heterocycles. The first kappa shape index (κ1) is 20.5. The number of ether oxygens (including phenoxy) is 1. The summed E-state index contributed by atoms with van der Waals surface area (Å²) in [5.74, 6) is 0. The Morgan fingerprint density at radius 1 is 1.06 bits per heavy atom. The molecular formula is C19H16N4O7S. The number of hydrogen-bond acceptors (Lipinski definition) is 7. The number of anilines is 1. The maximum Gasteiger partial charge on any atom is 0.330 e. The van der Waals surface area contributed by atoms with Gasteiger partial charge in [-0.05, 0) is 18.2 Å². The van der Waals surface area contributed by atoms with Crippen LogP contribution in [0.25, 0.3) is 0 Å². The van der Waals surface area contributed by atoms with E-state index in [0.717, 1.165) is 39.2 Å². The Kier molecular flexibility index (Phi) is 5.17. The summed E-state index contributed by atoms with van der Waals surface area (Å²) in [4.78, 5) is 35.9. The number of sulfonamides is 1. The van der Waals surface area contributed by atoms with E-state index in [9.17, 15) is 28.1 Å². The number of nitro benzene ring substituents is 1. The van der Waals surface area contributed by atoms with E-state index < -0.39 is 32.4 Å². The topological polar surface area (TPSA) is 145 Å². The molecule has 0 amide bonds. The molecule has 12 heteroatoms. The van der Waals surface area contributed by atoms with Gasteiger partial charge in [-0.25, -0.2) is 13.2 Å². The molecule has 2 heterocycles. The molecule has 11 nitrogen and oxygen atoms in total. The van der Waals surface area contributed by atoms with Crippen LogP contribution in [0.15, 0.2) is 75.3 Å². The van der Waals surface area contributed by atoms with E-state index in [1.165, 1.54) is 6.20 Å². The van der Waals surface area contributed by atoms with Gasteiger partial charge in [-0.1, -0.05) is 18.2 Å². The molecular weight excluding hydrogens is 428 g/mol. The van der Waals surface area contributed by atoms with Gasteiger partial charge < -0.3 is 4.74 Å². The van der Waals surface area contributed by atoms with E-state index in [4.69, 9.17) is 4.74 Å². The third-order valence-electron chi connectivity index (χ3n) is 4.81. The fourth-order valence-electron chi connectivity index (χ4n) is 3.27.